The molecule has 1 atom stereocenters. The van der Waals surface area contributed by atoms with Crippen molar-refractivity contribution in [2.24, 2.45) is 0 Å². The third kappa shape index (κ3) is 2.17. The molecule has 1 aromatic carbocycles. The molecule has 5 nitrogen and oxygen atoms in total. The fourth-order valence-corrected chi connectivity index (χ4v) is 2.17. The zero-order chi connectivity index (χ0) is 13.3. The van der Waals surface area contributed by atoms with Crippen molar-refractivity contribution >= 4 is 17.4 Å². The van der Waals surface area contributed by atoms with Gasteiger partial charge >= 0.3 is 5.69 Å². The first-order valence-corrected chi connectivity index (χ1v) is 5.74. The number of hydrogen-bond donors (Lipinski definition) is 2. The summed E-state index contributed by atoms with van der Waals surface area (Å²) in [5.74, 6) is 0.108. The van der Waals surface area contributed by atoms with Crippen molar-refractivity contribution in [2.75, 3.05) is 5.73 Å². The number of rotatable bonds is 2. The lowest BCUT2D eigenvalue weighted by Crippen LogP contribution is -2.33. The van der Waals surface area contributed by atoms with E-state index in [0.29, 0.717) is 5.02 Å². The van der Waals surface area contributed by atoms with Crippen molar-refractivity contribution in [2.45, 2.75) is 13.0 Å². The zero-order valence-electron chi connectivity index (χ0n) is 9.68. The Labute approximate surface area is 108 Å². The molecule has 0 aliphatic carbocycles. The molecule has 0 spiro atoms. The van der Waals surface area contributed by atoms with Gasteiger partial charge in [0.1, 0.15) is 5.82 Å². The predicted octanol–water partition coefficient (Wildman–Crippen LogP) is 1.38. The van der Waals surface area contributed by atoms with Crippen LogP contribution in [0.4, 0.5) is 5.82 Å². The van der Waals surface area contributed by atoms with Crippen LogP contribution in [0.3, 0.4) is 0 Å². The van der Waals surface area contributed by atoms with Crippen molar-refractivity contribution < 1.29 is 0 Å². The minimum Gasteiger partial charge on any atom is -0.385 e. The number of H-pyrrole nitrogens is 1. The minimum absolute atomic E-state index is 0.108. The number of hydrogen-bond acceptors (Lipinski definition) is 3. The highest BCUT2D eigenvalue weighted by Crippen LogP contribution is 2.25. The van der Waals surface area contributed by atoms with Gasteiger partial charge < -0.3 is 5.73 Å². The Morgan fingerprint density at radius 3 is 2.61 bits per heavy atom. The van der Waals surface area contributed by atoms with Crippen LogP contribution in [0.15, 0.2) is 39.9 Å². The van der Waals surface area contributed by atoms with E-state index in [0.717, 1.165) is 5.56 Å². The van der Waals surface area contributed by atoms with E-state index < -0.39 is 11.2 Å². The van der Waals surface area contributed by atoms with Crippen molar-refractivity contribution in [1.29, 1.82) is 0 Å². The Balaban J connectivity index is 2.60. The minimum atomic E-state index is -0.549. The van der Waals surface area contributed by atoms with Crippen LogP contribution in [-0.2, 0) is 0 Å². The molecule has 1 heterocycles. The maximum absolute atomic E-state index is 11.8. The fraction of sp³-hybridized carbons (Fsp3) is 0.167. The van der Waals surface area contributed by atoms with E-state index in [9.17, 15) is 9.59 Å². The molecule has 0 saturated carbocycles. The summed E-state index contributed by atoms with van der Waals surface area (Å²) in [5.41, 5.74) is 5.41. The van der Waals surface area contributed by atoms with E-state index in [1.807, 2.05) is 12.1 Å². The molecule has 0 saturated heterocycles. The van der Waals surface area contributed by atoms with E-state index in [2.05, 4.69) is 4.98 Å². The molecule has 0 aliphatic heterocycles. The number of nitrogen functional groups attached to an aromatic ring is 1. The number of aromatic amines is 1. The highest BCUT2D eigenvalue weighted by atomic mass is 35.5. The zero-order valence-corrected chi connectivity index (χ0v) is 10.4. The Bertz CT molecular complexity index is 690. The standard InChI is InChI=1S/C12H12ClN3O2/c1-7(8-4-2-3-5-9(8)13)16-10(14)6-11(17)15-12(16)18/h2-7H,14H2,1H3,(H,15,17,18). The SMILES string of the molecule is CC(c1ccccc1Cl)n1c(N)cc(=O)[nH]c1=O. The van der Waals surface area contributed by atoms with Gasteiger partial charge in [0.2, 0.25) is 0 Å². The maximum Gasteiger partial charge on any atom is 0.330 e. The van der Waals surface area contributed by atoms with Crippen LogP contribution in [0.1, 0.15) is 18.5 Å². The van der Waals surface area contributed by atoms with E-state index in [1.54, 1.807) is 19.1 Å². The highest BCUT2D eigenvalue weighted by molar-refractivity contribution is 6.31. The van der Waals surface area contributed by atoms with Crippen molar-refractivity contribution in [3.8, 4) is 0 Å². The molecule has 94 valence electrons. The summed E-state index contributed by atoms with van der Waals surface area (Å²) < 4.78 is 1.29. The Morgan fingerprint density at radius 1 is 1.33 bits per heavy atom. The third-order valence-electron chi connectivity index (χ3n) is 2.75. The summed E-state index contributed by atoms with van der Waals surface area (Å²) in [4.78, 5) is 25.1. The molecule has 1 aromatic heterocycles. The number of benzene rings is 1. The van der Waals surface area contributed by atoms with Crippen LogP contribution in [-0.4, -0.2) is 9.55 Å². The predicted molar refractivity (Wildman–Crippen MR) is 71.0 cm³/mol. The van der Waals surface area contributed by atoms with Gasteiger partial charge in [0.15, 0.2) is 0 Å². The van der Waals surface area contributed by atoms with Crippen LogP contribution in [0, 0.1) is 0 Å². The van der Waals surface area contributed by atoms with Gasteiger partial charge in [-0.2, -0.15) is 0 Å². The average Bonchev–Trinajstić information content (AvgIpc) is 2.27. The summed E-state index contributed by atoms with van der Waals surface area (Å²) in [6, 6.07) is 7.99. The first-order chi connectivity index (χ1) is 8.50. The summed E-state index contributed by atoms with van der Waals surface area (Å²) in [6.45, 7) is 1.79. The number of nitrogens with one attached hydrogen (secondary N) is 1. The number of nitrogens with zero attached hydrogens (tertiary/aromatic N) is 1. The van der Waals surface area contributed by atoms with Gasteiger partial charge in [0.25, 0.3) is 5.56 Å². The smallest absolute Gasteiger partial charge is 0.330 e. The number of anilines is 1. The van der Waals surface area contributed by atoms with Crippen molar-refractivity contribution in [1.82, 2.24) is 9.55 Å². The van der Waals surface area contributed by atoms with Crippen LogP contribution >= 0.6 is 11.6 Å². The second kappa shape index (κ2) is 4.70. The van der Waals surface area contributed by atoms with Crippen LogP contribution < -0.4 is 17.0 Å². The Morgan fingerprint density at radius 2 is 2.00 bits per heavy atom. The summed E-state index contributed by atoms with van der Waals surface area (Å²) in [7, 11) is 0. The highest BCUT2D eigenvalue weighted by Gasteiger charge is 2.15. The van der Waals surface area contributed by atoms with Gasteiger partial charge in [-0.15, -0.1) is 0 Å². The monoisotopic (exact) mass is 265 g/mol. The lowest BCUT2D eigenvalue weighted by Gasteiger charge is -2.18. The molecule has 2 rings (SSSR count). The van der Waals surface area contributed by atoms with E-state index in [-0.39, 0.29) is 11.9 Å². The molecule has 0 aliphatic rings. The van der Waals surface area contributed by atoms with Crippen LogP contribution in [0.2, 0.25) is 5.02 Å². The molecule has 0 bridgehead atoms. The van der Waals surface area contributed by atoms with E-state index in [4.69, 9.17) is 17.3 Å². The lowest BCUT2D eigenvalue weighted by atomic mass is 10.1. The summed E-state index contributed by atoms with van der Waals surface area (Å²) >= 11 is 6.08. The molecular weight excluding hydrogens is 254 g/mol. The second-order valence-corrected chi connectivity index (χ2v) is 4.34. The van der Waals surface area contributed by atoms with Gasteiger partial charge in [0, 0.05) is 11.1 Å². The third-order valence-corrected chi connectivity index (χ3v) is 3.09. The van der Waals surface area contributed by atoms with Gasteiger partial charge in [-0.25, -0.2) is 4.79 Å². The number of nitrogens with two attached hydrogens (primary N) is 1. The Kier molecular flexibility index (Phi) is 3.25. The normalized spacial score (nSPS) is 12.3. The average molecular weight is 266 g/mol. The molecule has 18 heavy (non-hydrogen) atoms. The first kappa shape index (κ1) is 12.4. The molecular formula is C12H12ClN3O2. The van der Waals surface area contributed by atoms with E-state index in [1.165, 1.54) is 10.6 Å². The number of halogens is 1. The van der Waals surface area contributed by atoms with Gasteiger partial charge in [-0.1, -0.05) is 29.8 Å². The van der Waals surface area contributed by atoms with Crippen LogP contribution in [0.5, 0.6) is 0 Å². The van der Waals surface area contributed by atoms with Gasteiger partial charge in [0.05, 0.1) is 6.04 Å². The molecule has 2 aromatic rings. The van der Waals surface area contributed by atoms with Gasteiger partial charge in [-0.05, 0) is 18.6 Å². The van der Waals surface area contributed by atoms with Gasteiger partial charge in [-0.3, -0.25) is 14.3 Å². The van der Waals surface area contributed by atoms with Crippen molar-refractivity contribution in [3.63, 3.8) is 0 Å². The molecule has 0 radical (unpaired) electrons. The van der Waals surface area contributed by atoms with Crippen LogP contribution in [0.25, 0.3) is 0 Å². The molecule has 3 N–H and O–H groups in total. The maximum atomic E-state index is 11.8. The lowest BCUT2D eigenvalue weighted by molar-refractivity contribution is 0.604. The number of aromatic nitrogens is 2. The van der Waals surface area contributed by atoms with E-state index >= 15 is 0 Å². The second-order valence-electron chi connectivity index (χ2n) is 3.93. The van der Waals surface area contributed by atoms with Crippen molar-refractivity contribution in [3.05, 3.63) is 61.8 Å². The summed E-state index contributed by atoms with van der Waals surface area (Å²) in [6.07, 6.45) is 0. The topological polar surface area (TPSA) is 80.9 Å². The molecule has 0 amide bonds. The quantitative estimate of drug-likeness (QED) is 0.861. The molecule has 1 unspecified atom stereocenters. The first-order valence-electron chi connectivity index (χ1n) is 5.36. The fourth-order valence-electron chi connectivity index (χ4n) is 1.88. The molecule has 6 heteroatoms. The Hall–Kier alpha value is -2.01. The largest absolute Gasteiger partial charge is 0.385 e. The summed E-state index contributed by atoms with van der Waals surface area (Å²) in [5, 5.41) is 0.544. The molecule has 0 fully saturated rings.